The Morgan fingerprint density at radius 3 is 2.49 bits per heavy atom. The Hall–Kier alpha value is -4.17. The lowest BCUT2D eigenvalue weighted by atomic mass is 9.97. The van der Waals surface area contributed by atoms with Gasteiger partial charge in [0.1, 0.15) is 17.6 Å². The molecule has 8 nitrogen and oxygen atoms in total. The van der Waals surface area contributed by atoms with Gasteiger partial charge in [-0.25, -0.2) is 4.79 Å². The fourth-order valence-electron chi connectivity index (χ4n) is 4.30. The summed E-state index contributed by atoms with van der Waals surface area (Å²) in [5.74, 6) is -2.31. The van der Waals surface area contributed by atoms with E-state index in [9.17, 15) is 19.5 Å². The van der Waals surface area contributed by atoms with Crippen LogP contribution in [0.15, 0.2) is 66.4 Å². The standard InChI is InChI=1S/C28H25ClN2O6/c1-4-37-28(35)18-10-8-17(9-11-18)15-31-23(21-7-5-6-12-30-21)22(25(33)27(31)34)24(32)19-13-16(2)14-20(29)26(19)36-3/h5-14,23,32H,4,15H2,1-3H3/b24-22+. The van der Waals surface area contributed by atoms with Gasteiger partial charge < -0.3 is 19.5 Å². The van der Waals surface area contributed by atoms with Crippen molar-refractivity contribution in [2.24, 2.45) is 0 Å². The third kappa shape index (κ3) is 5.06. The molecule has 4 rings (SSSR count). The first-order valence-electron chi connectivity index (χ1n) is 11.6. The number of nitrogens with zero attached hydrogens (tertiary/aromatic N) is 2. The SMILES string of the molecule is CCOC(=O)c1ccc(CN2C(=O)C(=O)/C(=C(/O)c3cc(C)cc(Cl)c3OC)C2c2ccccn2)cc1. The van der Waals surface area contributed by atoms with Crippen molar-refractivity contribution in [3.05, 3.63) is 99.3 Å². The van der Waals surface area contributed by atoms with Gasteiger partial charge in [-0.05, 0) is 61.4 Å². The van der Waals surface area contributed by atoms with E-state index in [4.69, 9.17) is 21.1 Å². The van der Waals surface area contributed by atoms with Gasteiger partial charge in [-0.2, -0.15) is 0 Å². The number of aliphatic hydroxyl groups is 1. The van der Waals surface area contributed by atoms with Crippen molar-refractivity contribution in [2.45, 2.75) is 26.4 Å². The second-order valence-corrected chi connectivity index (χ2v) is 8.83. The Balaban J connectivity index is 1.81. The number of pyridine rings is 1. The summed E-state index contributed by atoms with van der Waals surface area (Å²) < 4.78 is 10.4. The third-order valence-corrected chi connectivity index (χ3v) is 6.25. The van der Waals surface area contributed by atoms with Crippen molar-refractivity contribution in [3.63, 3.8) is 0 Å². The number of likely N-dealkylation sites (tertiary alicyclic amines) is 1. The molecule has 1 aliphatic rings. The smallest absolute Gasteiger partial charge is 0.338 e. The predicted molar refractivity (Wildman–Crippen MR) is 137 cm³/mol. The average Bonchev–Trinajstić information content (AvgIpc) is 3.14. The number of rotatable bonds is 7. The van der Waals surface area contributed by atoms with Crippen molar-refractivity contribution < 1.29 is 29.0 Å². The number of methoxy groups -OCH3 is 1. The van der Waals surface area contributed by atoms with Gasteiger partial charge in [-0.3, -0.25) is 14.6 Å². The maximum Gasteiger partial charge on any atom is 0.338 e. The van der Waals surface area contributed by atoms with E-state index in [1.54, 1.807) is 74.6 Å². The van der Waals surface area contributed by atoms with Crippen molar-refractivity contribution in [1.29, 1.82) is 0 Å². The molecule has 0 bridgehead atoms. The minimum atomic E-state index is -0.963. The van der Waals surface area contributed by atoms with Crippen LogP contribution in [0.3, 0.4) is 0 Å². The first-order valence-corrected chi connectivity index (χ1v) is 11.9. The molecule has 0 radical (unpaired) electrons. The summed E-state index contributed by atoms with van der Waals surface area (Å²) in [5, 5.41) is 11.7. The number of aliphatic hydroxyl groups excluding tert-OH is 1. The highest BCUT2D eigenvalue weighted by atomic mass is 35.5. The Kier molecular flexibility index (Phi) is 7.59. The van der Waals surface area contributed by atoms with Crippen LogP contribution in [0.5, 0.6) is 5.75 Å². The fraction of sp³-hybridized carbons (Fsp3) is 0.214. The van der Waals surface area contributed by atoms with Crippen LogP contribution < -0.4 is 4.74 Å². The van der Waals surface area contributed by atoms with Crippen LogP contribution in [0.25, 0.3) is 5.76 Å². The Labute approximate surface area is 219 Å². The van der Waals surface area contributed by atoms with Gasteiger partial charge in [-0.1, -0.05) is 29.8 Å². The molecule has 2 heterocycles. The lowest BCUT2D eigenvalue weighted by Crippen LogP contribution is -2.29. The molecule has 1 unspecified atom stereocenters. The predicted octanol–water partition coefficient (Wildman–Crippen LogP) is 4.85. The molecule has 1 aromatic heterocycles. The van der Waals surface area contributed by atoms with Crippen LogP contribution in [0.2, 0.25) is 5.02 Å². The first kappa shape index (κ1) is 25.9. The molecule has 9 heteroatoms. The van der Waals surface area contributed by atoms with E-state index in [0.29, 0.717) is 16.8 Å². The zero-order valence-corrected chi connectivity index (χ0v) is 21.3. The molecular formula is C28H25ClN2O6. The number of ether oxygens (including phenoxy) is 2. The van der Waals surface area contributed by atoms with Crippen LogP contribution in [0, 0.1) is 6.92 Å². The maximum absolute atomic E-state index is 13.3. The molecule has 1 atom stereocenters. The summed E-state index contributed by atoms with van der Waals surface area (Å²) in [6, 6.07) is 14.0. The topological polar surface area (TPSA) is 106 Å². The molecule has 0 saturated carbocycles. The fourth-order valence-corrected chi connectivity index (χ4v) is 4.65. The molecule has 1 aliphatic heterocycles. The lowest BCUT2D eigenvalue weighted by molar-refractivity contribution is -0.140. The molecule has 1 saturated heterocycles. The zero-order valence-electron chi connectivity index (χ0n) is 20.5. The monoisotopic (exact) mass is 520 g/mol. The van der Waals surface area contributed by atoms with E-state index in [-0.39, 0.29) is 35.1 Å². The van der Waals surface area contributed by atoms with E-state index in [1.165, 1.54) is 12.0 Å². The molecule has 0 aliphatic carbocycles. The van der Waals surface area contributed by atoms with E-state index >= 15 is 0 Å². The van der Waals surface area contributed by atoms with E-state index < -0.39 is 29.5 Å². The van der Waals surface area contributed by atoms with E-state index in [2.05, 4.69) is 4.98 Å². The summed E-state index contributed by atoms with van der Waals surface area (Å²) >= 11 is 6.33. The quantitative estimate of drug-likeness (QED) is 0.205. The molecular weight excluding hydrogens is 496 g/mol. The minimum Gasteiger partial charge on any atom is -0.507 e. The molecule has 190 valence electrons. The van der Waals surface area contributed by atoms with Crippen LogP contribution in [0.4, 0.5) is 0 Å². The summed E-state index contributed by atoms with van der Waals surface area (Å²) in [7, 11) is 1.40. The number of hydrogen-bond acceptors (Lipinski definition) is 7. The molecule has 2 aromatic carbocycles. The van der Waals surface area contributed by atoms with Crippen molar-refractivity contribution in [2.75, 3.05) is 13.7 Å². The first-order chi connectivity index (χ1) is 17.8. The average molecular weight is 521 g/mol. The number of hydrogen-bond donors (Lipinski definition) is 1. The van der Waals surface area contributed by atoms with Crippen molar-refractivity contribution in [3.8, 4) is 5.75 Å². The summed E-state index contributed by atoms with van der Waals surface area (Å²) in [4.78, 5) is 44.3. The highest BCUT2D eigenvalue weighted by Gasteiger charge is 2.47. The highest BCUT2D eigenvalue weighted by molar-refractivity contribution is 6.46. The zero-order chi connectivity index (χ0) is 26.7. The molecule has 1 N–H and O–H groups in total. The van der Waals surface area contributed by atoms with Crippen LogP contribution in [-0.4, -0.2) is 46.4 Å². The number of Topliss-reactive ketones (excluding diaryl/α,β-unsaturated/α-hetero) is 1. The van der Waals surface area contributed by atoms with Gasteiger partial charge in [0.25, 0.3) is 11.7 Å². The number of halogens is 1. The second kappa shape index (κ2) is 10.8. The van der Waals surface area contributed by atoms with Crippen LogP contribution in [-0.2, 0) is 20.9 Å². The van der Waals surface area contributed by atoms with Gasteiger partial charge in [0.2, 0.25) is 0 Å². The molecule has 1 fully saturated rings. The number of carbonyl (C=O) groups is 3. The summed E-state index contributed by atoms with van der Waals surface area (Å²) in [6.07, 6.45) is 1.55. The van der Waals surface area contributed by atoms with Gasteiger partial charge in [0.15, 0.2) is 0 Å². The number of esters is 1. The van der Waals surface area contributed by atoms with Gasteiger partial charge in [0, 0.05) is 12.7 Å². The maximum atomic E-state index is 13.3. The lowest BCUT2D eigenvalue weighted by Gasteiger charge is -2.25. The number of aryl methyl sites for hydroxylation is 1. The Morgan fingerprint density at radius 2 is 1.86 bits per heavy atom. The minimum absolute atomic E-state index is 0.0391. The number of carbonyl (C=O) groups excluding carboxylic acids is 3. The second-order valence-electron chi connectivity index (χ2n) is 8.43. The van der Waals surface area contributed by atoms with E-state index in [1.807, 2.05) is 0 Å². The highest BCUT2D eigenvalue weighted by Crippen LogP contribution is 2.42. The number of amides is 1. The third-order valence-electron chi connectivity index (χ3n) is 5.97. The molecule has 3 aromatic rings. The van der Waals surface area contributed by atoms with Crippen LogP contribution in [0.1, 0.15) is 45.7 Å². The summed E-state index contributed by atoms with van der Waals surface area (Å²) in [6.45, 7) is 3.81. The number of benzene rings is 2. The summed E-state index contributed by atoms with van der Waals surface area (Å²) in [5.41, 5.74) is 2.27. The molecule has 0 spiro atoms. The van der Waals surface area contributed by atoms with Gasteiger partial charge in [0.05, 0.1) is 41.1 Å². The largest absolute Gasteiger partial charge is 0.507 e. The van der Waals surface area contributed by atoms with E-state index in [0.717, 1.165) is 5.56 Å². The van der Waals surface area contributed by atoms with Gasteiger partial charge in [-0.15, -0.1) is 0 Å². The number of aromatic nitrogens is 1. The Bertz CT molecular complexity index is 1390. The number of ketones is 1. The normalized spacial score (nSPS) is 16.6. The van der Waals surface area contributed by atoms with Crippen molar-refractivity contribution in [1.82, 2.24) is 9.88 Å². The van der Waals surface area contributed by atoms with Crippen molar-refractivity contribution >= 4 is 35.0 Å². The Morgan fingerprint density at radius 1 is 1.14 bits per heavy atom. The molecule has 37 heavy (non-hydrogen) atoms. The van der Waals surface area contributed by atoms with Gasteiger partial charge >= 0.3 is 5.97 Å². The molecule has 1 amide bonds. The van der Waals surface area contributed by atoms with Crippen LogP contribution >= 0.6 is 11.6 Å².